The fourth-order valence-corrected chi connectivity index (χ4v) is 3.05. The van der Waals surface area contributed by atoms with Gasteiger partial charge in [-0.05, 0) is 54.1 Å². The quantitative estimate of drug-likeness (QED) is 0.387. The number of pyridine rings is 1. The standard InChI is InChI=1S/C24H18FN3O2/c1-30-19-12-8-17(9-13-19)23-14-21(20-4-2-3-5-22(20)27-23)24(29)28-26-15-16-6-10-18(25)11-7-16/h2-15H,1H3,(H,28,29)/b26-15+. The Bertz CT molecular complexity index is 1220. The number of hydrazone groups is 1. The van der Waals surface area contributed by atoms with E-state index in [1.165, 1.54) is 18.3 Å². The Labute approximate surface area is 172 Å². The summed E-state index contributed by atoms with van der Waals surface area (Å²) in [5.74, 6) is 0.0554. The topological polar surface area (TPSA) is 63.6 Å². The van der Waals surface area contributed by atoms with Gasteiger partial charge in [-0.15, -0.1) is 0 Å². The maximum Gasteiger partial charge on any atom is 0.272 e. The minimum Gasteiger partial charge on any atom is -0.497 e. The highest BCUT2D eigenvalue weighted by atomic mass is 19.1. The van der Waals surface area contributed by atoms with Crippen LogP contribution in [-0.4, -0.2) is 24.2 Å². The maximum absolute atomic E-state index is 13.0. The van der Waals surface area contributed by atoms with Gasteiger partial charge < -0.3 is 4.74 Å². The molecule has 3 aromatic carbocycles. The van der Waals surface area contributed by atoms with Crippen LogP contribution in [0.5, 0.6) is 5.75 Å². The number of benzene rings is 3. The third kappa shape index (κ3) is 4.17. The molecule has 0 atom stereocenters. The molecule has 1 aromatic heterocycles. The number of carbonyl (C=O) groups is 1. The monoisotopic (exact) mass is 399 g/mol. The van der Waals surface area contributed by atoms with Crippen molar-refractivity contribution in [2.24, 2.45) is 5.10 Å². The summed E-state index contributed by atoms with van der Waals surface area (Å²) in [7, 11) is 1.61. The number of amides is 1. The summed E-state index contributed by atoms with van der Waals surface area (Å²) in [6, 6.07) is 22.5. The molecule has 0 saturated heterocycles. The average Bonchev–Trinajstić information content (AvgIpc) is 2.79. The molecule has 0 aliphatic heterocycles. The van der Waals surface area contributed by atoms with Crippen LogP contribution in [0.15, 0.2) is 84.0 Å². The van der Waals surface area contributed by atoms with Crippen LogP contribution in [-0.2, 0) is 0 Å². The van der Waals surface area contributed by atoms with Crippen LogP contribution in [0, 0.1) is 5.82 Å². The van der Waals surface area contributed by atoms with Crippen LogP contribution >= 0.6 is 0 Å². The molecule has 0 aliphatic carbocycles. The number of nitrogens with one attached hydrogen (secondary N) is 1. The Kier molecular flexibility index (Phi) is 5.48. The molecule has 1 N–H and O–H groups in total. The van der Waals surface area contributed by atoms with Crippen LogP contribution in [0.1, 0.15) is 15.9 Å². The molecule has 0 aliphatic rings. The van der Waals surface area contributed by atoms with Crippen LogP contribution in [0.2, 0.25) is 0 Å². The second-order valence-corrected chi connectivity index (χ2v) is 6.55. The largest absolute Gasteiger partial charge is 0.497 e. The number of methoxy groups -OCH3 is 1. The van der Waals surface area contributed by atoms with Crippen molar-refractivity contribution in [3.05, 3.63) is 95.8 Å². The van der Waals surface area contributed by atoms with E-state index in [2.05, 4.69) is 15.5 Å². The molecule has 0 unspecified atom stereocenters. The molecule has 1 amide bonds. The van der Waals surface area contributed by atoms with Crippen molar-refractivity contribution >= 4 is 23.0 Å². The third-order valence-corrected chi connectivity index (χ3v) is 4.60. The molecular weight excluding hydrogens is 381 g/mol. The van der Waals surface area contributed by atoms with E-state index in [-0.39, 0.29) is 11.7 Å². The summed E-state index contributed by atoms with van der Waals surface area (Å²) in [6.07, 6.45) is 1.46. The molecule has 0 spiro atoms. The number of carbonyl (C=O) groups excluding carboxylic acids is 1. The molecule has 5 nitrogen and oxygen atoms in total. The van der Waals surface area contributed by atoms with Crippen molar-refractivity contribution in [1.29, 1.82) is 0 Å². The first-order valence-corrected chi connectivity index (χ1v) is 9.27. The summed E-state index contributed by atoms with van der Waals surface area (Å²) in [6.45, 7) is 0. The normalized spacial score (nSPS) is 11.0. The number of fused-ring (bicyclic) bond motifs is 1. The minimum atomic E-state index is -0.360. The van der Waals surface area contributed by atoms with Crippen LogP contribution in [0.4, 0.5) is 4.39 Å². The van der Waals surface area contributed by atoms with Gasteiger partial charge in [0.2, 0.25) is 0 Å². The number of ether oxygens (including phenoxy) is 1. The number of halogens is 1. The molecule has 0 bridgehead atoms. The van der Waals surface area contributed by atoms with Crippen molar-refractivity contribution in [2.75, 3.05) is 7.11 Å². The molecule has 4 aromatic rings. The predicted molar refractivity (Wildman–Crippen MR) is 115 cm³/mol. The van der Waals surface area contributed by atoms with E-state index in [1.54, 1.807) is 25.3 Å². The fraction of sp³-hybridized carbons (Fsp3) is 0.0417. The van der Waals surface area contributed by atoms with E-state index in [0.717, 1.165) is 16.7 Å². The van der Waals surface area contributed by atoms with Gasteiger partial charge >= 0.3 is 0 Å². The smallest absolute Gasteiger partial charge is 0.272 e. The number of rotatable bonds is 5. The molecule has 0 fully saturated rings. The van der Waals surface area contributed by atoms with Crippen LogP contribution in [0.25, 0.3) is 22.2 Å². The molecule has 148 valence electrons. The third-order valence-electron chi connectivity index (χ3n) is 4.60. The van der Waals surface area contributed by atoms with Crippen LogP contribution in [0.3, 0.4) is 0 Å². The Balaban J connectivity index is 1.66. The number of aromatic nitrogens is 1. The average molecular weight is 399 g/mol. The van der Waals surface area contributed by atoms with E-state index >= 15 is 0 Å². The first-order valence-electron chi connectivity index (χ1n) is 9.27. The van der Waals surface area contributed by atoms with Crippen molar-refractivity contribution in [3.63, 3.8) is 0 Å². The van der Waals surface area contributed by atoms with E-state index in [1.807, 2.05) is 48.5 Å². The van der Waals surface area contributed by atoms with Gasteiger partial charge in [0.05, 0.1) is 30.1 Å². The van der Waals surface area contributed by atoms with E-state index in [0.29, 0.717) is 22.3 Å². The lowest BCUT2D eigenvalue weighted by Crippen LogP contribution is -2.18. The first-order chi connectivity index (χ1) is 14.6. The summed E-state index contributed by atoms with van der Waals surface area (Å²) in [5.41, 5.74) is 5.92. The Morgan fingerprint density at radius 2 is 1.77 bits per heavy atom. The van der Waals surface area contributed by atoms with E-state index in [9.17, 15) is 9.18 Å². The lowest BCUT2D eigenvalue weighted by Gasteiger charge is -2.09. The number of hydrogen-bond donors (Lipinski definition) is 1. The molecular formula is C24H18FN3O2. The van der Waals surface area contributed by atoms with Crippen LogP contribution < -0.4 is 10.2 Å². The van der Waals surface area contributed by atoms with Gasteiger partial charge in [-0.3, -0.25) is 4.79 Å². The first kappa shape index (κ1) is 19.3. The van der Waals surface area contributed by atoms with Crippen molar-refractivity contribution in [2.45, 2.75) is 0 Å². The van der Waals surface area contributed by atoms with Gasteiger partial charge in [-0.2, -0.15) is 5.10 Å². The molecule has 0 saturated carbocycles. The zero-order valence-corrected chi connectivity index (χ0v) is 16.2. The summed E-state index contributed by atoms with van der Waals surface area (Å²) < 4.78 is 18.2. The van der Waals surface area contributed by atoms with E-state index < -0.39 is 0 Å². The summed E-state index contributed by atoms with van der Waals surface area (Å²) in [4.78, 5) is 17.5. The molecule has 6 heteroatoms. The van der Waals surface area contributed by atoms with Crippen molar-refractivity contribution in [1.82, 2.24) is 10.4 Å². The summed E-state index contributed by atoms with van der Waals surface area (Å²) >= 11 is 0. The lowest BCUT2D eigenvalue weighted by atomic mass is 10.0. The molecule has 30 heavy (non-hydrogen) atoms. The number of hydrogen-bond acceptors (Lipinski definition) is 4. The van der Waals surface area contributed by atoms with E-state index in [4.69, 9.17) is 4.74 Å². The predicted octanol–water partition coefficient (Wildman–Crippen LogP) is 4.81. The van der Waals surface area contributed by atoms with Gasteiger partial charge in [0.1, 0.15) is 11.6 Å². The Morgan fingerprint density at radius 3 is 2.50 bits per heavy atom. The Morgan fingerprint density at radius 1 is 1.03 bits per heavy atom. The fourth-order valence-electron chi connectivity index (χ4n) is 3.05. The molecule has 0 radical (unpaired) electrons. The van der Waals surface area contributed by atoms with Gasteiger partial charge in [0.15, 0.2) is 0 Å². The van der Waals surface area contributed by atoms with Gasteiger partial charge in [-0.25, -0.2) is 14.8 Å². The molecule has 1 heterocycles. The highest BCUT2D eigenvalue weighted by Crippen LogP contribution is 2.26. The van der Waals surface area contributed by atoms with Gasteiger partial charge in [-0.1, -0.05) is 30.3 Å². The SMILES string of the molecule is COc1ccc(-c2cc(C(=O)N/N=C/c3ccc(F)cc3)c3ccccc3n2)cc1. The van der Waals surface area contributed by atoms with Crippen molar-refractivity contribution in [3.8, 4) is 17.0 Å². The van der Waals surface area contributed by atoms with Gasteiger partial charge in [0.25, 0.3) is 5.91 Å². The highest BCUT2D eigenvalue weighted by molar-refractivity contribution is 6.07. The summed E-state index contributed by atoms with van der Waals surface area (Å²) in [5, 5.41) is 4.72. The molecule has 4 rings (SSSR count). The van der Waals surface area contributed by atoms with Gasteiger partial charge in [0, 0.05) is 10.9 Å². The minimum absolute atomic E-state index is 0.328. The second-order valence-electron chi connectivity index (χ2n) is 6.55. The lowest BCUT2D eigenvalue weighted by molar-refractivity contribution is 0.0956. The number of para-hydroxylation sites is 1. The highest BCUT2D eigenvalue weighted by Gasteiger charge is 2.13. The Hall–Kier alpha value is -4.06. The number of nitrogens with zero attached hydrogens (tertiary/aromatic N) is 2. The maximum atomic E-state index is 13.0. The van der Waals surface area contributed by atoms with Crippen molar-refractivity contribution < 1.29 is 13.9 Å². The zero-order chi connectivity index (χ0) is 20.9. The second kappa shape index (κ2) is 8.53. The zero-order valence-electron chi connectivity index (χ0n) is 16.2.